The van der Waals surface area contributed by atoms with Crippen LogP contribution in [0.3, 0.4) is 0 Å². The highest BCUT2D eigenvalue weighted by atomic mass is 35.5. The van der Waals surface area contributed by atoms with Gasteiger partial charge in [0.25, 0.3) is 0 Å². The fraction of sp³-hybridized carbons (Fsp3) is 0.238. The molecule has 0 unspecified atom stereocenters. The monoisotopic (exact) mass is 476 g/mol. The summed E-state index contributed by atoms with van der Waals surface area (Å²) in [6.07, 6.45) is 1.24. The van der Waals surface area contributed by atoms with Crippen LogP contribution in [-0.2, 0) is 13.0 Å². The Bertz CT molecular complexity index is 1180. The van der Waals surface area contributed by atoms with Crippen LogP contribution in [0, 0.1) is 0 Å². The molecule has 11 heteroatoms. The summed E-state index contributed by atoms with van der Waals surface area (Å²) in [5.74, 6) is 1.12. The summed E-state index contributed by atoms with van der Waals surface area (Å²) in [6, 6.07) is 9.93. The largest absolute Gasteiger partial charge is 0.497 e. The molecule has 1 aliphatic rings. The number of ether oxygens (including phenoxy) is 3. The Morgan fingerprint density at radius 2 is 1.88 bits per heavy atom. The van der Waals surface area contributed by atoms with Gasteiger partial charge in [0, 0.05) is 0 Å². The quantitative estimate of drug-likeness (QED) is 0.526. The highest BCUT2D eigenvalue weighted by Gasteiger charge is 2.25. The molecule has 0 spiro atoms. The second kappa shape index (κ2) is 9.42. The molecule has 2 aromatic carbocycles. The van der Waals surface area contributed by atoms with Crippen LogP contribution in [0.2, 0.25) is 10.0 Å². The van der Waals surface area contributed by atoms with Crippen LogP contribution in [0.25, 0.3) is 0 Å². The minimum absolute atomic E-state index is 0.0702. The fourth-order valence-corrected chi connectivity index (χ4v) is 3.95. The Labute approximate surface area is 194 Å². The van der Waals surface area contributed by atoms with Gasteiger partial charge in [0.1, 0.15) is 5.75 Å². The van der Waals surface area contributed by atoms with Gasteiger partial charge in [-0.05, 0) is 48.1 Å². The van der Waals surface area contributed by atoms with Gasteiger partial charge in [0.05, 0.1) is 35.9 Å². The topological polar surface area (TPSA) is 103 Å². The van der Waals surface area contributed by atoms with E-state index in [1.54, 1.807) is 19.2 Å². The van der Waals surface area contributed by atoms with Crippen LogP contribution in [0.4, 0.5) is 0 Å². The lowest BCUT2D eigenvalue weighted by Gasteiger charge is -2.21. The number of rotatable bonds is 6. The molecular formula is C21H19BCl2N2O6. The Balaban J connectivity index is 1.75. The van der Waals surface area contributed by atoms with Crippen LogP contribution in [0.15, 0.2) is 41.2 Å². The third-order valence-electron chi connectivity index (χ3n) is 5.00. The minimum atomic E-state index is -1.73. The lowest BCUT2D eigenvalue weighted by atomic mass is 9.80. The summed E-state index contributed by atoms with van der Waals surface area (Å²) in [7, 11) is -0.153. The number of fused-ring (bicyclic) bond motifs is 1. The van der Waals surface area contributed by atoms with E-state index in [-0.39, 0.29) is 45.0 Å². The summed E-state index contributed by atoms with van der Waals surface area (Å²) in [5, 5.41) is 23.3. The Morgan fingerprint density at radius 1 is 1.19 bits per heavy atom. The van der Waals surface area contributed by atoms with Crippen molar-refractivity contribution in [3.05, 3.63) is 67.9 Å². The third kappa shape index (κ3) is 4.56. The highest BCUT2D eigenvalue weighted by molar-refractivity contribution is 6.59. The summed E-state index contributed by atoms with van der Waals surface area (Å²) >= 11 is 12.5. The molecule has 0 saturated carbocycles. The Kier molecular flexibility index (Phi) is 6.62. The first-order valence-electron chi connectivity index (χ1n) is 9.80. The number of hydrogen-bond donors (Lipinski definition) is 2. The van der Waals surface area contributed by atoms with Gasteiger partial charge in [-0.3, -0.25) is 4.79 Å². The van der Waals surface area contributed by atoms with Crippen molar-refractivity contribution in [2.45, 2.75) is 19.4 Å². The van der Waals surface area contributed by atoms with Crippen LogP contribution < -0.4 is 25.2 Å². The van der Waals surface area contributed by atoms with E-state index in [1.165, 1.54) is 16.8 Å². The Morgan fingerprint density at radius 3 is 2.50 bits per heavy atom. The highest BCUT2D eigenvalue weighted by Crippen LogP contribution is 2.38. The molecule has 166 valence electrons. The zero-order valence-electron chi connectivity index (χ0n) is 17.0. The first-order valence-corrected chi connectivity index (χ1v) is 10.6. The molecule has 0 amide bonds. The van der Waals surface area contributed by atoms with E-state index >= 15 is 0 Å². The molecule has 1 aromatic heterocycles. The van der Waals surface area contributed by atoms with Crippen molar-refractivity contribution in [2.75, 3.05) is 13.7 Å². The molecule has 0 fully saturated rings. The molecule has 8 nitrogen and oxygen atoms in total. The fourth-order valence-electron chi connectivity index (χ4n) is 3.37. The van der Waals surface area contributed by atoms with Crippen molar-refractivity contribution in [1.82, 2.24) is 9.78 Å². The SMILES string of the molecule is COc1ccc(Cn2nc(Oc3c(Cl)cc(B(O)O)cc3Cl)c3c(c2=O)OCCC3)cc1. The van der Waals surface area contributed by atoms with E-state index in [2.05, 4.69) is 5.10 Å². The van der Waals surface area contributed by atoms with Crippen molar-refractivity contribution < 1.29 is 24.3 Å². The summed E-state index contributed by atoms with van der Waals surface area (Å²) in [5.41, 5.74) is 1.12. The molecular weight excluding hydrogens is 458 g/mol. The van der Waals surface area contributed by atoms with Crippen LogP contribution >= 0.6 is 23.2 Å². The third-order valence-corrected chi connectivity index (χ3v) is 5.56. The van der Waals surface area contributed by atoms with Crippen LogP contribution in [-0.4, -0.2) is 40.7 Å². The van der Waals surface area contributed by atoms with Crippen molar-refractivity contribution in [3.63, 3.8) is 0 Å². The molecule has 32 heavy (non-hydrogen) atoms. The van der Waals surface area contributed by atoms with E-state index in [0.717, 1.165) is 5.56 Å². The van der Waals surface area contributed by atoms with Gasteiger partial charge >= 0.3 is 12.7 Å². The van der Waals surface area contributed by atoms with Crippen molar-refractivity contribution in [1.29, 1.82) is 0 Å². The van der Waals surface area contributed by atoms with Gasteiger partial charge in [-0.2, -0.15) is 0 Å². The molecule has 0 saturated heterocycles. The van der Waals surface area contributed by atoms with Gasteiger partial charge in [0.2, 0.25) is 5.88 Å². The zero-order valence-corrected chi connectivity index (χ0v) is 18.6. The first kappa shape index (κ1) is 22.5. The number of benzene rings is 2. The van der Waals surface area contributed by atoms with Gasteiger partial charge in [-0.15, -0.1) is 5.10 Å². The predicted molar refractivity (Wildman–Crippen MR) is 121 cm³/mol. The molecule has 3 aromatic rings. The van der Waals surface area contributed by atoms with Crippen molar-refractivity contribution >= 4 is 35.8 Å². The lowest BCUT2D eigenvalue weighted by molar-refractivity contribution is 0.271. The minimum Gasteiger partial charge on any atom is -0.497 e. The molecule has 0 aliphatic carbocycles. The van der Waals surface area contributed by atoms with E-state index in [0.29, 0.717) is 30.8 Å². The van der Waals surface area contributed by atoms with Gasteiger partial charge in [0.15, 0.2) is 11.5 Å². The molecule has 4 rings (SSSR count). The number of methoxy groups -OCH3 is 1. The second-order valence-corrected chi connectivity index (χ2v) is 7.98. The van der Waals surface area contributed by atoms with E-state index < -0.39 is 7.12 Å². The molecule has 0 bridgehead atoms. The van der Waals surface area contributed by atoms with E-state index in [4.69, 9.17) is 37.4 Å². The standard InChI is InChI=1S/C21H19BCl2N2O6/c1-30-14-6-4-12(5-7-14)11-26-21(27)18-15(3-2-8-31-18)20(25-26)32-19-16(23)9-13(22(28)29)10-17(19)24/h4-7,9-10,28-29H,2-3,8,11H2,1H3. The average molecular weight is 477 g/mol. The van der Waals surface area contributed by atoms with E-state index in [1.807, 2.05) is 12.1 Å². The maximum atomic E-state index is 13.0. The Hall–Kier alpha value is -2.72. The molecule has 0 atom stereocenters. The zero-order chi connectivity index (χ0) is 22.8. The molecule has 2 N–H and O–H groups in total. The number of nitrogens with zero attached hydrogens (tertiary/aromatic N) is 2. The predicted octanol–water partition coefficient (Wildman–Crippen LogP) is 2.40. The van der Waals surface area contributed by atoms with Gasteiger partial charge in [-0.1, -0.05) is 35.3 Å². The number of hydrogen-bond acceptors (Lipinski definition) is 7. The van der Waals surface area contributed by atoms with Gasteiger partial charge < -0.3 is 24.3 Å². The molecule has 1 aliphatic heterocycles. The van der Waals surface area contributed by atoms with Crippen molar-refractivity contribution in [3.8, 4) is 23.1 Å². The summed E-state index contributed by atoms with van der Waals surface area (Å²) in [6.45, 7) is 0.603. The summed E-state index contributed by atoms with van der Waals surface area (Å²) in [4.78, 5) is 13.0. The first-order chi connectivity index (χ1) is 15.4. The summed E-state index contributed by atoms with van der Waals surface area (Å²) < 4.78 is 18.0. The number of aromatic nitrogens is 2. The number of halogens is 2. The van der Waals surface area contributed by atoms with Gasteiger partial charge in [-0.25, -0.2) is 4.68 Å². The van der Waals surface area contributed by atoms with Crippen LogP contribution in [0.1, 0.15) is 17.5 Å². The second-order valence-electron chi connectivity index (χ2n) is 7.17. The maximum Gasteiger partial charge on any atom is 0.488 e. The molecule has 2 heterocycles. The average Bonchev–Trinajstić information content (AvgIpc) is 2.79. The van der Waals surface area contributed by atoms with Crippen molar-refractivity contribution in [2.24, 2.45) is 0 Å². The van der Waals surface area contributed by atoms with E-state index in [9.17, 15) is 14.8 Å². The van der Waals surface area contributed by atoms with Crippen LogP contribution in [0.5, 0.6) is 23.1 Å². The lowest BCUT2D eigenvalue weighted by Crippen LogP contribution is -2.30. The maximum absolute atomic E-state index is 13.0. The normalized spacial score (nSPS) is 12.7. The smallest absolute Gasteiger partial charge is 0.488 e. The molecule has 0 radical (unpaired) electrons.